The average molecular weight is 248 g/mol. The first-order valence-electron chi connectivity index (χ1n) is 3.77. The topological polar surface area (TPSA) is 29.1 Å². The summed E-state index contributed by atoms with van der Waals surface area (Å²) in [7, 11) is 0. The normalized spacial score (nSPS) is 9.83. The zero-order valence-electron chi connectivity index (χ0n) is 6.76. The number of thiophene rings is 1. The van der Waals surface area contributed by atoms with E-state index in [2.05, 4.69) is 21.2 Å². The van der Waals surface area contributed by atoms with Crippen LogP contribution < -0.4 is 5.32 Å². The van der Waals surface area contributed by atoms with E-state index in [-0.39, 0.29) is 5.91 Å². The molecule has 1 rings (SSSR count). The van der Waals surface area contributed by atoms with Crippen LogP contribution in [0.15, 0.2) is 15.2 Å². The second kappa shape index (κ2) is 4.62. The Morgan fingerprint density at radius 2 is 2.50 bits per heavy atom. The minimum atomic E-state index is 0.00461. The van der Waals surface area contributed by atoms with Crippen molar-refractivity contribution in [2.75, 3.05) is 6.54 Å². The number of nitrogens with one attached hydrogen (secondary N) is 1. The van der Waals surface area contributed by atoms with Gasteiger partial charge in [0.25, 0.3) is 5.91 Å². The fraction of sp³-hybridized carbons (Fsp3) is 0.375. The molecule has 12 heavy (non-hydrogen) atoms. The van der Waals surface area contributed by atoms with Crippen LogP contribution >= 0.6 is 27.3 Å². The summed E-state index contributed by atoms with van der Waals surface area (Å²) in [6.45, 7) is 2.77. The first kappa shape index (κ1) is 9.74. The van der Waals surface area contributed by atoms with Crippen molar-refractivity contribution in [1.82, 2.24) is 5.32 Å². The molecule has 0 saturated carbocycles. The van der Waals surface area contributed by atoms with Gasteiger partial charge in [-0.25, -0.2) is 0 Å². The molecule has 1 amide bonds. The zero-order chi connectivity index (χ0) is 8.97. The summed E-state index contributed by atoms with van der Waals surface area (Å²) < 4.78 is 0.899. The summed E-state index contributed by atoms with van der Waals surface area (Å²) in [5, 5.41) is 4.71. The first-order valence-corrected chi connectivity index (χ1v) is 5.44. The SMILES string of the molecule is CCCNC(=O)c1ccsc1Br. The molecule has 1 aromatic heterocycles. The number of halogens is 1. The van der Waals surface area contributed by atoms with Gasteiger partial charge in [0.05, 0.1) is 9.35 Å². The molecule has 0 radical (unpaired) electrons. The highest BCUT2D eigenvalue weighted by Crippen LogP contribution is 2.22. The Bertz CT molecular complexity index is 272. The smallest absolute Gasteiger partial charge is 0.253 e. The molecule has 66 valence electrons. The quantitative estimate of drug-likeness (QED) is 0.875. The van der Waals surface area contributed by atoms with E-state index < -0.39 is 0 Å². The highest BCUT2D eigenvalue weighted by molar-refractivity contribution is 9.11. The van der Waals surface area contributed by atoms with E-state index in [0.717, 1.165) is 22.3 Å². The van der Waals surface area contributed by atoms with Crippen LogP contribution in [0.1, 0.15) is 23.7 Å². The lowest BCUT2D eigenvalue weighted by atomic mass is 10.3. The molecule has 0 spiro atoms. The van der Waals surface area contributed by atoms with Gasteiger partial charge in [-0.1, -0.05) is 6.92 Å². The van der Waals surface area contributed by atoms with Crippen molar-refractivity contribution in [3.63, 3.8) is 0 Å². The third kappa shape index (κ3) is 2.32. The van der Waals surface area contributed by atoms with Gasteiger partial charge in [-0.05, 0) is 33.8 Å². The van der Waals surface area contributed by atoms with Crippen LogP contribution in [0.25, 0.3) is 0 Å². The molecule has 1 heterocycles. The standard InChI is InChI=1S/C8H10BrNOS/c1-2-4-10-8(11)6-3-5-12-7(6)9/h3,5H,2,4H2,1H3,(H,10,11). The van der Waals surface area contributed by atoms with E-state index in [0.29, 0.717) is 0 Å². The fourth-order valence-corrected chi connectivity index (χ4v) is 2.04. The highest BCUT2D eigenvalue weighted by Gasteiger charge is 2.08. The van der Waals surface area contributed by atoms with Crippen LogP contribution in [0.4, 0.5) is 0 Å². The van der Waals surface area contributed by atoms with Crippen LogP contribution in [0, 0.1) is 0 Å². The first-order chi connectivity index (χ1) is 5.75. The van der Waals surface area contributed by atoms with Gasteiger partial charge >= 0.3 is 0 Å². The minimum Gasteiger partial charge on any atom is -0.352 e. The van der Waals surface area contributed by atoms with E-state index in [9.17, 15) is 4.79 Å². The number of rotatable bonds is 3. The Balaban J connectivity index is 2.59. The summed E-state index contributed by atoms with van der Waals surface area (Å²) in [6.07, 6.45) is 0.966. The van der Waals surface area contributed by atoms with E-state index in [4.69, 9.17) is 0 Å². The molecule has 0 aliphatic rings. The maximum Gasteiger partial charge on any atom is 0.253 e. The Morgan fingerprint density at radius 1 is 1.75 bits per heavy atom. The third-order valence-corrected chi connectivity index (χ3v) is 3.09. The predicted molar refractivity (Wildman–Crippen MR) is 54.6 cm³/mol. The van der Waals surface area contributed by atoms with Crippen LogP contribution in [-0.4, -0.2) is 12.5 Å². The summed E-state index contributed by atoms with van der Waals surface area (Å²) in [4.78, 5) is 11.4. The molecule has 0 aliphatic carbocycles. The van der Waals surface area contributed by atoms with Crippen molar-refractivity contribution in [2.24, 2.45) is 0 Å². The van der Waals surface area contributed by atoms with E-state index >= 15 is 0 Å². The lowest BCUT2D eigenvalue weighted by Crippen LogP contribution is -2.23. The summed E-state index contributed by atoms with van der Waals surface area (Å²) in [5.74, 6) is 0.00461. The molecule has 0 aromatic carbocycles. The van der Waals surface area contributed by atoms with Gasteiger partial charge < -0.3 is 5.32 Å². The average Bonchev–Trinajstić information content (AvgIpc) is 2.47. The van der Waals surface area contributed by atoms with Gasteiger partial charge in [0.15, 0.2) is 0 Å². The molecule has 2 nitrogen and oxygen atoms in total. The van der Waals surface area contributed by atoms with Gasteiger partial charge in [-0.15, -0.1) is 11.3 Å². The number of hydrogen-bond acceptors (Lipinski definition) is 2. The maximum absolute atomic E-state index is 11.4. The molecule has 0 aliphatic heterocycles. The van der Waals surface area contributed by atoms with Crippen LogP contribution in [-0.2, 0) is 0 Å². The van der Waals surface area contributed by atoms with Gasteiger partial charge in [-0.3, -0.25) is 4.79 Å². The lowest BCUT2D eigenvalue weighted by molar-refractivity contribution is 0.0953. The van der Waals surface area contributed by atoms with Gasteiger partial charge in [0.1, 0.15) is 0 Å². The number of carbonyl (C=O) groups excluding carboxylic acids is 1. The molecule has 1 aromatic rings. The largest absolute Gasteiger partial charge is 0.352 e. The van der Waals surface area contributed by atoms with E-state index in [1.54, 1.807) is 0 Å². The Morgan fingerprint density at radius 3 is 3.00 bits per heavy atom. The zero-order valence-corrected chi connectivity index (χ0v) is 9.17. The van der Waals surface area contributed by atoms with Crippen molar-refractivity contribution >= 4 is 33.2 Å². The molecule has 0 bridgehead atoms. The number of amides is 1. The molecule has 0 fully saturated rings. The van der Waals surface area contributed by atoms with Crippen molar-refractivity contribution in [2.45, 2.75) is 13.3 Å². The molecule has 4 heteroatoms. The van der Waals surface area contributed by atoms with Crippen LogP contribution in [0.5, 0.6) is 0 Å². The molecule has 0 atom stereocenters. The summed E-state index contributed by atoms with van der Waals surface area (Å²) >= 11 is 4.84. The molecule has 0 unspecified atom stereocenters. The number of hydrogen-bond donors (Lipinski definition) is 1. The molecular weight excluding hydrogens is 238 g/mol. The maximum atomic E-state index is 11.4. The second-order valence-electron chi connectivity index (χ2n) is 2.36. The van der Waals surface area contributed by atoms with Crippen molar-refractivity contribution in [3.8, 4) is 0 Å². The molecule has 0 saturated heterocycles. The van der Waals surface area contributed by atoms with E-state index in [1.807, 2.05) is 18.4 Å². The second-order valence-corrected chi connectivity index (χ2v) is 4.60. The van der Waals surface area contributed by atoms with E-state index in [1.165, 1.54) is 11.3 Å². The van der Waals surface area contributed by atoms with Gasteiger partial charge in [0.2, 0.25) is 0 Å². The Labute approximate surface area is 84.1 Å². The van der Waals surface area contributed by atoms with Gasteiger partial charge in [0, 0.05) is 6.54 Å². The lowest BCUT2D eigenvalue weighted by Gasteiger charge is -2.00. The van der Waals surface area contributed by atoms with Crippen molar-refractivity contribution in [1.29, 1.82) is 0 Å². The summed E-state index contributed by atoms with van der Waals surface area (Å²) in [6, 6.07) is 1.82. The van der Waals surface area contributed by atoms with Crippen LogP contribution in [0.3, 0.4) is 0 Å². The highest BCUT2D eigenvalue weighted by atomic mass is 79.9. The molecule has 1 N–H and O–H groups in total. The van der Waals surface area contributed by atoms with Gasteiger partial charge in [-0.2, -0.15) is 0 Å². The Hall–Kier alpha value is -0.350. The fourth-order valence-electron chi connectivity index (χ4n) is 0.790. The van der Waals surface area contributed by atoms with Crippen LogP contribution in [0.2, 0.25) is 0 Å². The minimum absolute atomic E-state index is 0.00461. The number of carbonyl (C=O) groups is 1. The van der Waals surface area contributed by atoms with Crippen molar-refractivity contribution in [3.05, 3.63) is 20.8 Å². The summed E-state index contributed by atoms with van der Waals surface area (Å²) in [5.41, 5.74) is 0.730. The predicted octanol–water partition coefficient (Wildman–Crippen LogP) is 2.65. The Kier molecular flexibility index (Phi) is 3.75. The van der Waals surface area contributed by atoms with Crippen molar-refractivity contribution < 1.29 is 4.79 Å². The monoisotopic (exact) mass is 247 g/mol. The molecular formula is C8H10BrNOS. The third-order valence-electron chi connectivity index (χ3n) is 1.40.